The summed E-state index contributed by atoms with van der Waals surface area (Å²) in [7, 11) is 0. The van der Waals surface area contributed by atoms with Crippen LogP contribution in [0.4, 0.5) is 18.9 Å². The Bertz CT molecular complexity index is 999. The summed E-state index contributed by atoms with van der Waals surface area (Å²) in [5, 5.41) is 7.67. The van der Waals surface area contributed by atoms with Crippen molar-refractivity contribution in [3.8, 4) is 5.75 Å². The van der Waals surface area contributed by atoms with Gasteiger partial charge in [0.2, 0.25) is 5.91 Å². The number of hydrogen-bond donors (Lipinski definition) is 2. The van der Waals surface area contributed by atoms with Crippen molar-refractivity contribution in [1.82, 2.24) is 14.8 Å². The summed E-state index contributed by atoms with van der Waals surface area (Å²) < 4.78 is 44.3. The highest BCUT2D eigenvalue weighted by atomic mass is 19.4. The maximum Gasteiger partial charge on any atom is 0.408 e. The summed E-state index contributed by atoms with van der Waals surface area (Å²) in [6.07, 6.45) is 0.190. The smallest absolute Gasteiger partial charge is 0.408 e. The number of aromatic amines is 1. The minimum Gasteiger partial charge on any atom is -0.493 e. The van der Waals surface area contributed by atoms with Crippen molar-refractivity contribution in [3.05, 3.63) is 41.9 Å². The minimum absolute atomic E-state index is 0.154. The van der Waals surface area contributed by atoms with Crippen LogP contribution in [0.5, 0.6) is 5.75 Å². The van der Waals surface area contributed by atoms with Crippen molar-refractivity contribution in [2.75, 3.05) is 11.9 Å². The van der Waals surface area contributed by atoms with Gasteiger partial charge >= 0.3 is 6.18 Å². The molecule has 2 aromatic heterocycles. The summed E-state index contributed by atoms with van der Waals surface area (Å²) in [6.45, 7) is 0.832. The standard InChI is InChI=1S/C19H19F3N4O2/c1-11(27)24-18-7-23-16-3-2-14(6-15(16)18)28-9-12-4-13-8-26(10-19(20,21)22)25-17(13)5-12/h2-3,6-8,12,23H,4-5,9-10H2,1H3,(H,24,27). The number of carbonyl (C=O) groups excluding carboxylic acids is 1. The predicted octanol–water partition coefficient (Wildman–Crippen LogP) is 3.68. The zero-order valence-corrected chi connectivity index (χ0v) is 15.1. The molecule has 1 aliphatic rings. The van der Waals surface area contributed by atoms with Gasteiger partial charge in [-0.05, 0) is 36.6 Å². The molecule has 6 nitrogen and oxygen atoms in total. The summed E-state index contributed by atoms with van der Waals surface area (Å²) >= 11 is 0. The number of hydrogen-bond acceptors (Lipinski definition) is 3. The van der Waals surface area contributed by atoms with E-state index in [4.69, 9.17) is 4.74 Å². The molecule has 3 aromatic rings. The molecule has 148 valence electrons. The molecule has 0 saturated heterocycles. The molecule has 0 aliphatic heterocycles. The van der Waals surface area contributed by atoms with E-state index >= 15 is 0 Å². The van der Waals surface area contributed by atoms with Crippen LogP contribution in [0.2, 0.25) is 0 Å². The third-order valence-corrected chi connectivity index (χ3v) is 4.71. The Morgan fingerprint density at radius 3 is 2.93 bits per heavy atom. The van der Waals surface area contributed by atoms with Crippen LogP contribution in [0.3, 0.4) is 0 Å². The monoisotopic (exact) mass is 392 g/mol. The van der Waals surface area contributed by atoms with Gasteiger partial charge in [0.1, 0.15) is 12.3 Å². The van der Waals surface area contributed by atoms with Crippen molar-refractivity contribution in [2.45, 2.75) is 32.5 Å². The van der Waals surface area contributed by atoms with E-state index in [0.717, 1.165) is 21.1 Å². The molecule has 9 heteroatoms. The normalized spacial score (nSPS) is 16.4. The Balaban J connectivity index is 1.38. The lowest BCUT2D eigenvalue weighted by Crippen LogP contribution is -2.19. The van der Waals surface area contributed by atoms with Crippen LogP contribution >= 0.6 is 0 Å². The van der Waals surface area contributed by atoms with Gasteiger partial charge in [-0.2, -0.15) is 18.3 Å². The zero-order chi connectivity index (χ0) is 19.9. The van der Waals surface area contributed by atoms with E-state index in [1.54, 1.807) is 6.20 Å². The van der Waals surface area contributed by atoms with Crippen LogP contribution in [0, 0.1) is 5.92 Å². The second kappa shape index (κ2) is 6.88. The number of nitrogens with zero attached hydrogens (tertiary/aromatic N) is 2. The summed E-state index contributed by atoms with van der Waals surface area (Å²) in [6, 6.07) is 5.57. The van der Waals surface area contributed by atoms with E-state index < -0.39 is 12.7 Å². The van der Waals surface area contributed by atoms with Crippen molar-refractivity contribution in [1.29, 1.82) is 0 Å². The van der Waals surface area contributed by atoms with E-state index in [9.17, 15) is 18.0 Å². The Morgan fingerprint density at radius 2 is 2.21 bits per heavy atom. The SMILES string of the molecule is CC(=O)Nc1c[nH]c2ccc(OCC3Cc4cn(CC(F)(F)F)nc4C3)cc12. The van der Waals surface area contributed by atoms with Gasteiger partial charge in [0.05, 0.1) is 18.0 Å². The van der Waals surface area contributed by atoms with Gasteiger partial charge in [0, 0.05) is 36.1 Å². The number of rotatable bonds is 5. The van der Waals surface area contributed by atoms with E-state index in [1.807, 2.05) is 18.2 Å². The molecule has 1 aromatic carbocycles. The number of fused-ring (bicyclic) bond motifs is 2. The number of benzene rings is 1. The summed E-state index contributed by atoms with van der Waals surface area (Å²) in [4.78, 5) is 14.4. The lowest BCUT2D eigenvalue weighted by Gasteiger charge is -2.12. The molecule has 2 N–H and O–H groups in total. The maximum atomic E-state index is 12.5. The zero-order valence-electron chi connectivity index (χ0n) is 15.1. The van der Waals surface area contributed by atoms with Gasteiger partial charge in [0.25, 0.3) is 0 Å². The summed E-state index contributed by atoms with van der Waals surface area (Å²) in [5.41, 5.74) is 3.14. The fourth-order valence-electron chi connectivity index (χ4n) is 3.58. The van der Waals surface area contributed by atoms with Crippen LogP contribution in [0.1, 0.15) is 18.2 Å². The Morgan fingerprint density at radius 1 is 1.39 bits per heavy atom. The molecule has 0 spiro atoms. The first kappa shape index (κ1) is 18.4. The number of H-pyrrole nitrogens is 1. The van der Waals surface area contributed by atoms with Gasteiger partial charge in [0.15, 0.2) is 0 Å². The lowest BCUT2D eigenvalue weighted by atomic mass is 10.1. The Labute approximate surface area is 158 Å². The van der Waals surface area contributed by atoms with Crippen molar-refractivity contribution < 1.29 is 22.7 Å². The van der Waals surface area contributed by atoms with Gasteiger partial charge in [-0.3, -0.25) is 9.48 Å². The molecule has 2 heterocycles. The van der Waals surface area contributed by atoms with Crippen molar-refractivity contribution in [2.24, 2.45) is 5.92 Å². The van der Waals surface area contributed by atoms with Gasteiger partial charge < -0.3 is 15.0 Å². The van der Waals surface area contributed by atoms with Gasteiger partial charge in [-0.15, -0.1) is 0 Å². The van der Waals surface area contributed by atoms with Crippen LogP contribution in [0.15, 0.2) is 30.6 Å². The fraction of sp³-hybridized carbons (Fsp3) is 0.368. The molecule has 0 bridgehead atoms. The third-order valence-electron chi connectivity index (χ3n) is 4.71. The highest BCUT2D eigenvalue weighted by molar-refractivity contribution is 6.01. The number of ether oxygens (including phenoxy) is 1. The molecule has 1 atom stereocenters. The third kappa shape index (κ3) is 3.97. The highest BCUT2D eigenvalue weighted by Gasteiger charge is 2.31. The molecular formula is C19H19F3N4O2. The number of amides is 1. The van der Waals surface area contributed by atoms with Gasteiger partial charge in [-0.25, -0.2) is 0 Å². The van der Waals surface area contributed by atoms with Crippen LogP contribution in [-0.4, -0.2) is 33.5 Å². The quantitative estimate of drug-likeness (QED) is 0.696. The van der Waals surface area contributed by atoms with Gasteiger partial charge in [-0.1, -0.05) is 0 Å². The number of alkyl halides is 3. The molecule has 28 heavy (non-hydrogen) atoms. The first-order valence-electron chi connectivity index (χ1n) is 8.90. The van der Waals surface area contributed by atoms with Crippen LogP contribution < -0.4 is 10.1 Å². The first-order valence-corrected chi connectivity index (χ1v) is 8.90. The second-order valence-corrected chi connectivity index (χ2v) is 7.09. The van der Waals surface area contributed by atoms with Crippen molar-refractivity contribution in [3.63, 3.8) is 0 Å². The van der Waals surface area contributed by atoms with Crippen LogP contribution in [0.25, 0.3) is 10.9 Å². The molecule has 1 amide bonds. The highest BCUT2D eigenvalue weighted by Crippen LogP contribution is 2.30. The van der Waals surface area contributed by atoms with E-state index in [1.165, 1.54) is 13.1 Å². The number of aromatic nitrogens is 3. The molecule has 0 saturated carbocycles. The molecule has 0 fully saturated rings. The number of halogens is 3. The molecule has 4 rings (SSSR count). The number of carbonyl (C=O) groups is 1. The summed E-state index contributed by atoms with van der Waals surface area (Å²) in [5.74, 6) is 0.693. The molecule has 1 unspecified atom stereocenters. The molecule has 1 aliphatic carbocycles. The average Bonchev–Trinajstić information content (AvgIpc) is 3.24. The minimum atomic E-state index is -4.27. The number of anilines is 1. The molecular weight excluding hydrogens is 373 g/mol. The van der Waals surface area contributed by atoms with Crippen molar-refractivity contribution >= 4 is 22.5 Å². The molecule has 0 radical (unpaired) electrons. The fourth-order valence-corrected chi connectivity index (χ4v) is 3.58. The van der Waals surface area contributed by atoms with E-state index in [2.05, 4.69) is 15.4 Å². The largest absolute Gasteiger partial charge is 0.493 e. The first-order chi connectivity index (χ1) is 13.3. The van der Waals surface area contributed by atoms with Crippen LogP contribution in [-0.2, 0) is 24.2 Å². The van der Waals surface area contributed by atoms with E-state index in [0.29, 0.717) is 36.6 Å². The Hall–Kier alpha value is -2.97. The average molecular weight is 392 g/mol. The topological polar surface area (TPSA) is 71.9 Å². The van der Waals surface area contributed by atoms with E-state index in [-0.39, 0.29) is 11.8 Å². The number of nitrogens with one attached hydrogen (secondary N) is 2. The Kier molecular flexibility index (Phi) is 4.52. The lowest BCUT2D eigenvalue weighted by molar-refractivity contribution is -0.142. The maximum absolute atomic E-state index is 12.5. The predicted molar refractivity (Wildman–Crippen MR) is 97.3 cm³/mol. The second-order valence-electron chi connectivity index (χ2n) is 7.09.